The third-order valence-corrected chi connectivity index (χ3v) is 6.66. The molecule has 1 atom stereocenters. The molecule has 0 radical (unpaired) electrons. The number of anilines is 1. The zero-order valence-electron chi connectivity index (χ0n) is 15.5. The average molecular weight is 388 g/mol. The number of carbonyl (C=O) groups excluding carboxylic acids is 1. The Bertz CT molecular complexity index is 893. The van der Waals surface area contributed by atoms with Gasteiger partial charge in [0.1, 0.15) is 11.8 Å². The second-order valence-electron chi connectivity index (χ2n) is 6.66. The van der Waals surface area contributed by atoms with Crippen LogP contribution < -0.4 is 10.1 Å². The Morgan fingerprint density at radius 3 is 2.37 bits per heavy atom. The van der Waals surface area contributed by atoms with Crippen LogP contribution in [0.25, 0.3) is 0 Å². The number of carbonyl (C=O) groups is 1. The van der Waals surface area contributed by atoms with Gasteiger partial charge in [-0.15, -0.1) is 0 Å². The van der Waals surface area contributed by atoms with Crippen molar-refractivity contribution in [2.45, 2.75) is 37.1 Å². The summed E-state index contributed by atoms with van der Waals surface area (Å²) < 4.78 is 32.6. The van der Waals surface area contributed by atoms with Gasteiger partial charge in [0, 0.05) is 12.2 Å². The van der Waals surface area contributed by atoms with Crippen LogP contribution in [0, 0.1) is 6.92 Å². The van der Waals surface area contributed by atoms with Gasteiger partial charge in [-0.1, -0.05) is 24.1 Å². The number of methoxy groups -OCH3 is 1. The van der Waals surface area contributed by atoms with Crippen molar-refractivity contribution in [3.8, 4) is 5.75 Å². The predicted molar refractivity (Wildman–Crippen MR) is 104 cm³/mol. The third kappa shape index (κ3) is 4.31. The maximum Gasteiger partial charge on any atom is 0.243 e. The SMILES string of the molecule is COc1ccc(NC(=O)C2CCCCN2S(=O)(=O)c2ccc(C)cc2)cc1. The normalized spacial score (nSPS) is 18.1. The van der Waals surface area contributed by atoms with Gasteiger partial charge in [-0.05, 0) is 56.2 Å². The van der Waals surface area contributed by atoms with Crippen LogP contribution in [0.1, 0.15) is 24.8 Å². The molecule has 1 aliphatic heterocycles. The Labute approximate surface area is 160 Å². The summed E-state index contributed by atoms with van der Waals surface area (Å²) in [6.07, 6.45) is 2.07. The molecule has 27 heavy (non-hydrogen) atoms. The molecule has 0 saturated carbocycles. The first kappa shape index (κ1) is 19.4. The maximum atomic E-state index is 13.1. The summed E-state index contributed by atoms with van der Waals surface area (Å²) in [5.74, 6) is 0.379. The van der Waals surface area contributed by atoms with Gasteiger partial charge in [-0.25, -0.2) is 8.42 Å². The van der Waals surface area contributed by atoms with E-state index in [1.165, 1.54) is 4.31 Å². The average Bonchev–Trinajstić information content (AvgIpc) is 2.69. The number of ether oxygens (including phenoxy) is 1. The van der Waals surface area contributed by atoms with Gasteiger partial charge < -0.3 is 10.1 Å². The molecule has 6 nitrogen and oxygen atoms in total. The van der Waals surface area contributed by atoms with Gasteiger partial charge in [0.15, 0.2) is 0 Å². The Morgan fingerprint density at radius 2 is 1.74 bits per heavy atom. The smallest absolute Gasteiger partial charge is 0.243 e. The van der Waals surface area contributed by atoms with Gasteiger partial charge in [0.25, 0.3) is 0 Å². The molecule has 144 valence electrons. The van der Waals surface area contributed by atoms with Crippen molar-refractivity contribution >= 4 is 21.6 Å². The summed E-state index contributed by atoms with van der Waals surface area (Å²) in [6, 6.07) is 13.0. The van der Waals surface area contributed by atoms with Crippen molar-refractivity contribution in [1.82, 2.24) is 4.31 Å². The Balaban J connectivity index is 1.81. The second-order valence-corrected chi connectivity index (χ2v) is 8.55. The van der Waals surface area contributed by atoms with Crippen LogP contribution in [0.2, 0.25) is 0 Å². The first-order chi connectivity index (χ1) is 12.9. The minimum atomic E-state index is -3.72. The van der Waals surface area contributed by atoms with Gasteiger partial charge in [0.2, 0.25) is 15.9 Å². The lowest BCUT2D eigenvalue weighted by Crippen LogP contribution is -2.49. The van der Waals surface area contributed by atoms with Crippen molar-refractivity contribution in [3.05, 3.63) is 54.1 Å². The zero-order chi connectivity index (χ0) is 19.4. The van der Waals surface area contributed by atoms with Crippen LogP contribution in [0.3, 0.4) is 0 Å². The lowest BCUT2D eigenvalue weighted by molar-refractivity contribution is -0.120. The number of aryl methyl sites for hydroxylation is 1. The molecule has 0 aliphatic carbocycles. The molecule has 0 aromatic heterocycles. The van der Waals surface area contributed by atoms with E-state index in [0.29, 0.717) is 24.4 Å². The van der Waals surface area contributed by atoms with Crippen LogP contribution in [0.15, 0.2) is 53.4 Å². The maximum absolute atomic E-state index is 13.1. The summed E-state index contributed by atoms with van der Waals surface area (Å²) in [7, 11) is -2.15. The summed E-state index contributed by atoms with van der Waals surface area (Å²) in [4.78, 5) is 13.0. The number of piperidine rings is 1. The summed E-state index contributed by atoms with van der Waals surface area (Å²) >= 11 is 0. The van der Waals surface area contributed by atoms with Crippen LogP contribution >= 0.6 is 0 Å². The summed E-state index contributed by atoms with van der Waals surface area (Å²) in [5, 5.41) is 2.82. The van der Waals surface area contributed by atoms with E-state index in [9.17, 15) is 13.2 Å². The Hall–Kier alpha value is -2.38. The second kappa shape index (κ2) is 8.10. The topological polar surface area (TPSA) is 75.7 Å². The number of sulfonamides is 1. The molecule has 2 aromatic rings. The van der Waals surface area contributed by atoms with Crippen LogP contribution in [0.5, 0.6) is 5.75 Å². The van der Waals surface area contributed by atoms with E-state index < -0.39 is 16.1 Å². The highest BCUT2D eigenvalue weighted by atomic mass is 32.2. The molecule has 1 fully saturated rings. The molecule has 1 aliphatic rings. The molecule has 1 amide bonds. The minimum absolute atomic E-state index is 0.220. The zero-order valence-corrected chi connectivity index (χ0v) is 16.3. The van der Waals surface area contributed by atoms with Crippen molar-refractivity contribution in [1.29, 1.82) is 0 Å². The third-order valence-electron chi connectivity index (χ3n) is 4.74. The van der Waals surface area contributed by atoms with Crippen LogP contribution in [0.4, 0.5) is 5.69 Å². The molecule has 1 unspecified atom stereocenters. The van der Waals surface area contributed by atoms with Crippen molar-refractivity contribution in [3.63, 3.8) is 0 Å². The first-order valence-electron chi connectivity index (χ1n) is 8.95. The van der Waals surface area contributed by atoms with Crippen molar-refractivity contribution in [2.75, 3.05) is 19.0 Å². The monoisotopic (exact) mass is 388 g/mol. The van der Waals surface area contributed by atoms with Crippen LogP contribution in [-0.4, -0.2) is 38.3 Å². The molecule has 7 heteroatoms. The molecular formula is C20H24N2O4S. The van der Waals surface area contributed by atoms with E-state index >= 15 is 0 Å². The van der Waals surface area contributed by atoms with E-state index in [0.717, 1.165) is 18.4 Å². The van der Waals surface area contributed by atoms with Gasteiger partial charge in [0.05, 0.1) is 12.0 Å². The van der Waals surface area contributed by atoms with E-state index in [1.54, 1.807) is 55.6 Å². The predicted octanol–water partition coefficient (Wildman–Crippen LogP) is 3.19. The number of nitrogens with one attached hydrogen (secondary N) is 1. The molecule has 2 aromatic carbocycles. The molecule has 0 bridgehead atoms. The fourth-order valence-electron chi connectivity index (χ4n) is 3.20. The van der Waals surface area contributed by atoms with Crippen LogP contribution in [-0.2, 0) is 14.8 Å². The fourth-order valence-corrected chi connectivity index (χ4v) is 4.86. The highest BCUT2D eigenvalue weighted by Crippen LogP contribution is 2.27. The molecule has 1 heterocycles. The number of benzene rings is 2. The highest BCUT2D eigenvalue weighted by Gasteiger charge is 2.37. The van der Waals surface area contributed by atoms with E-state index in [4.69, 9.17) is 4.74 Å². The largest absolute Gasteiger partial charge is 0.497 e. The highest BCUT2D eigenvalue weighted by molar-refractivity contribution is 7.89. The molecular weight excluding hydrogens is 364 g/mol. The lowest BCUT2D eigenvalue weighted by Gasteiger charge is -2.33. The Morgan fingerprint density at radius 1 is 1.07 bits per heavy atom. The number of hydrogen-bond donors (Lipinski definition) is 1. The molecule has 0 spiro atoms. The summed E-state index contributed by atoms with van der Waals surface area (Å²) in [6.45, 7) is 2.25. The fraction of sp³-hybridized carbons (Fsp3) is 0.350. The van der Waals surface area contributed by atoms with Gasteiger partial charge in [-0.3, -0.25) is 4.79 Å². The quantitative estimate of drug-likeness (QED) is 0.854. The molecule has 1 N–H and O–H groups in total. The Kier molecular flexibility index (Phi) is 5.82. The number of rotatable bonds is 5. The standard InChI is InChI=1S/C20H24N2O4S/c1-15-6-12-18(13-7-15)27(24,25)22-14-4-3-5-19(22)20(23)21-16-8-10-17(26-2)11-9-16/h6-13,19H,3-5,14H2,1-2H3,(H,21,23). The molecule has 1 saturated heterocycles. The van der Waals surface area contributed by atoms with E-state index in [2.05, 4.69) is 5.32 Å². The molecule has 3 rings (SSSR count). The van der Waals surface area contributed by atoms with Crippen molar-refractivity contribution in [2.24, 2.45) is 0 Å². The van der Waals surface area contributed by atoms with E-state index in [1.807, 2.05) is 6.92 Å². The van der Waals surface area contributed by atoms with Gasteiger partial charge >= 0.3 is 0 Å². The van der Waals surface area contributed by atoms with Crippen molar-refractivity contribution < 1.29 is 17.9 Å². The number of amides is 1. The first-order valence-corrected chi connectivity index (χ1v) is 10.4. The summed E-state index contributed by atoms with van der Waals surface area (Å²) in [5.41, 5.74) is 1.60. The lowest BCUT2D eigenvalue weighted by atomic mass is 10.0. The minimum Gasteiger partial charge on any atom is -0.497 e. The van der Waals surface area contributed by atoms with Gasteiger partial charge in [-0.2, -0.15) is 4.31 Å². The number of nitrogens with zero attached hydrogens (tertiary/aromatic N) is 1. The van der Waals surface area contributed by atoms with E-state index in [-0.39, 0.29) is 10.8 Å². The number of hydrogen-bond acceptors (Lipinski definition) is 4.